The lowest BCUT2D eigenvalue weighted by Crippen LogP contribution is -2.11. The van der Waals surface area contributed by atoms with Gasteiger partial charge in [0.25, 0.3) is 0 Å². The van der Waals surface area contributed by atoms with E-state index in [0.717, 1.165) is 44.0 Å². The lowest BCUT2D eigenvalue weighted by molar-refractivity contribution is 1.10. The van der Waals surface area contributed by atoms with E-state index in [1.54, 1.807) is 0 Å². The number of nitrogens with zero attached hydrogens (tertiary/aromatic N) is 1. The number of nitrogen functional groups attached to an aromatic ring is 1. The van der Waals surface area contributed by atoms with E-state index < -0.39 is 0 Å². The Bertz CT molecular complexity index is 768. The number of hydrazine groups is 1. The van der Waals surface area contributed by atoms with E-state index in [-0.39, 0.29) is 0 Å². The number of rotatable bonds is 2. The van der Waals surface area contributed by atoms with Crippen LogP contribution in [-0.4, -0.2) is 4.98 Å². The van der Waals surface area contributed by atoms with Crippen molar-refractivity contribution in [3.05, 3.63) is 46.4 Å². The van der Waals surface area contributed by atoms with Crippen LogP contribution < -0.4 is 11.3 Å². The Balaban J connectivity index is 2.47. The predicted octanol–water partition coefficient (Wildman–Crippen LogP) is 4.00. The Labute approximate surface area is 119 Å². The van der Waals surface area contributed by atoms with Crippen molar-refractivity contribution >= 4 is 43.4 Å². The standard InChI is InChI=1S/C15H14BrN3/c1-2-9-7-10-8-13(16)11-5-3-4-6-12(11)14(10)18-15(9)19-17/h3-8H,2,17H2,1H3,(H,18,19). The maximum Gasteiger partial charge on any atom is 0.143 e. The van der Waals surface area contributed by atoms with E-state index in [2.05, 4.69) is 57.5 Å². The first-order chi connectivity index (χ1) is 9.24. The molecule has 3 nitrogen and oxygen atoms in total. The zero-order valence-corrected chi connectivity index (χ0v) is 12.2. The minimum absolute atomic E-state index is 0.752. The molecule has 0 radical (unpaired) electrons. The Kier molecular flexibility index (Phi) is 3.12. The Morgan fingerprint density at radius 2 is 1.95 bits per heavy atom. The topological polar surface area (TPSA) is 50.9 Å². The molecule has 0 aliphatic rings. The second-order valence-electron chi connectivity index (χ2n) is 4.47. The lowest BCUT2D eigenvalue weighted by Gasteiger charge is -2.11. The zero-order valence-electron chi connectivity index (χ0n) is 10.6. The number of nitrogens with one attached hydrogen (secondary N) is 1. The number of pyridine rings is 1. The normalized spacial score (nSPS) is 11.1. The number of nitrogens with two attached hydrogens (primary N) is 1. The van der Waals surface area contributed by atoms with Crippen LogP contribution >= 0.6 is 15.9 Å². The molecule has 0 aliphatic heterocycles. The number of fused-ring (bicyclic) bond motifs is 3. The second kappa shape index (κ2) is 4.79. The van der Waals surface area contributed by atoms with Gasteiger partial charge in [-0.25, -0.2) is 10.8 Å². The van der Waals surface area contributed by atoms with Gasteiger partial charge >= 0.3 is 0 Å². The molecule has 1 aromatic heterocycles. The Morgan fingerprint density at radius 1 is 1.21 bits per heavy atom. The first kappa shape index (κ1) is 12.4. The van der Waals surface area contributed by atoms with Gasteiger partial charge in [-0.3, -0.25) is 0 Å². The van der Waals surface area contributed by atoms with Crippen LogP contribution in [0.1, 0.15) is 12.5 Å². The monoisotopic (exact) mass is 315 g/mol. The molecular formula is C15H14BrN3. The summed E-state index contributed by atoms with van der Waals surface area (Å²) in [5.41, 5.74) is 4.79. The highest BCUT2D eigenvalue weighted by Crippen LogP contribution is 2.32. The number of anilines is 1. The van der Waals surface area contributed by atoms with Gasteiger partial charge in [0.1, 0.15) is 5.82 Å². The number of hydrogen-bond donors (Lipinski definition) is 2. The average molecular weight is 316 g/mol. The average Bonchev–Trinajstić information content (AvgIpc) is 2.46. The van der Waals surface area contributed by atoms with Crippen LogP contribution in [0.4, 0.5) is 5.82 Å². The molecule has 0 spiro atoms. The number of halogens is 1. The molecule has 0 bridgehead atoms. The zero-order chi connectivity index (χ0) is 13.4. The summed E-state index contributed by atoms with van der Waals surface area (Å²) in [6, 6.07) is 12.5. The molecule has 4 heteroatoms. The molecule has 3 N–H and O–H groups in total. The molecule has 0 aliphatic carbocycles. The van der Waals surface area contributed by atoms with Gasteiger partial charge in [-0.15, -0.1) is 0 Å². The molecule has 1 heterocycles. The van der Waals surface area contributed by atoms with Crippen molar-refractivity contribution in [2.24, 2.45) is 5.84 Å². The molecule has 3 rings (SSSR count). The Hall–Kier alpha value is -1.65. The summed E-state index contributed by atoms with van der Waals surface area (Å²) < 4.78 is 1.09. The maximum atomic E-state index is 5.57. The van der Waals surface area contributed by atoms with Gasteiger partial charge in [-0.05, 0) is 29.5 Å². The third-order valence-electron chi connectivity index (χ3n) is 3.37. The molecule has 19 heavy (non-hydrogen) atoms. The molecule has 0 fully saturated rings. The van der Waals surface area contributed by atoms with Crippen molar-refractivity contribution in [1.29, 1.82) is 0 Å². The van der Waals surface area contributed by atoms with E-state index in [1.165, 1.54) is 0 Å². The van der Waals surface area contributed by atoms with Crippen molar-refractivity contribution in [2.45, 2.75) is 13.3 Å². The molecule has 0 atom stereocenters. The van der Waals surface area contributed by atoms with E-state index >= 15 is 0 Å². The quantitative estimate of drug-likeness (QED) is 0.427. The van der Waals surface area contributed by atoms with Crippen LogP contribution in [0.2, 0.25) is 0 Å². The molecule has 0 saturated carbocycles. The van der Waals surface area contributed by atoms with Crippen LogP contribution in [-0.2, 0) is 6.42 Å². The highest BCUT2D eigenvalue weighted by molar-refractivity contribution is 9.10. The van der Waals surface area contributed by atoms with Crippen molar-refractivity contribution in [1.82, 2.24) is 4.98 Å². The first-order valence-electron chi connectivity index (χ1n) is 6.22. The summed E-state index contributed by atoms with van der Waals surface area (Å²) >= 11 is 3.63. The van der Waals surface area contributed by atoms with Crippen molar-refractivity contribution < 1.29 is 0 Å². The fourth-order valence-corrected chi connectivity index (χ4v) is 3.00. The van der Waals surface area contributed by atoms with Crippen molar-refractivity contribution in [3.63, 3.8) is 0 Å². The van der Waals surface area contributed by atoms with E-state index in [9.17, 15) is 0 Å². The van der Waals surface area contributed by atoms with Gasteiger partial charge in [-0.1, -0.05) is 47.1 Å². The summed E-state index contributed by atoms with van der Waals surface area (Å²) in [5, 5.41) is 3.42. The van der Waals surface area contributed by atoms with Crippen LogP contribution in [0.25, 0.3) is 21.7 Å². The van der Waals surface area contributed by atoms with E-state index in [0.29, 0.717) is 0 Å². The number of aromatic nitrogens is 1. The van der Waals surface area contributed by atoms with Crippen LogP contribution in [0.5, 0.6) is 0 Å². The van der Waals surface area contributed by atoms with Gasteiger partial charge in [0.15, 0.2) is 0 Å². The minimum atomic E-state index is 0.752. The molecule has 3 aromatic rings. The molecular weight excluding hydrogens is 302 g/mol. The third-order valence-corrected chi connectivity index (χ3v) is 4.03. The smallest absolute Gasteiger partial charge is 0.143 e. The lowest BCUT2D eigenvalue weighted by atomic mass is 10.0. The van der Waals surface area contributed by atoms with E-state index in [1.807, 2.05) is 12.1 Å². The largest absolute Gasteiger partial charge is 0.308 e. The summed E-state index contributed by atoms with van der Waals surface area (Å²) in [6.45, 7) is 2.10. The van der Waals surface area contributed by atoms with Gasteiger partial charge in [0.2, 0.25) is 0 Å². The fraction of sp³-hybridized carbons (Fsp3) is 0.133. The predicted molar refractivity (Wildman–Crippen MR) is 84.1 cm³/mol. The van der Waals surface area contributed by atoms with Gasteiger partial charge in [0, 0.05) is 15.2 Å². The van der Waals surface area contributed by atoms with Gasteiger partial charge < -0.3 is 5.43 Å². The first-order valence-corrected chi connectivity index (χ1v) is 7.01. The fourth-order valence-electron chi connectivity index (χ4n) is 2.40. The van der Waals surface area contributed by atoms with Gasteiger partial charge in [-0.2, -0.15) is 0 Å². The number of benzene rings is 2. The molecule has 0 amide bonds. The third kappa shape index (κ3) is 1.97. The second-order valence-corrected chi connectivity index (χ2v) is 5.32. The van der Waals surface area contributed by atoms with Crippen molar-refractivity contribution in [2.75, 3.05) is 5.43 Å². The molecule has 0 unspecified atom stereocenters. The van der Waals surface area contributed by atoms with Gasteiger partial charge in [0.05, 0.1) is 5.52 Å². The van der Waals surface area contributed by atoms with Crippen LogP contribution in [0.15, 0.2) is 40.9 Å². The highest BCUT2D eigenvalue weighted by Gasteiger charge is 2.09. The number of hydrogen-bond acceptors (Lipinski definition) is 3. The molecule has 2 aromatic carbocycles. The number of aryl methyl sites for hydroxylation is 1. The minimum Gasteiger partial charge on any atom is -0.308 e. The SMILES string of the molecule is CCc1cc2cc(Br)c3ccccc3c2nc1NN. The summed E-state index contributed by atoms with van der Waals surface area (Å²) in [6.07, 6.45) is 0.896. The Morgan fingerprint density at radius 3 is 2.63 bits per heavy atom. The van der Waals surface area contributed by atoms with Crippen molar-refractivity contribution in [3.8, 4) is 0 Å². The van der Waals surface area contributed by atoms with Crippen LogP contribution in [0, 0.1) is 0 Å². The summed E-state index contributed by atoms with van der Waals surface area (Å²) in [7, 11) is 0. The highest BCUT2D eigenvalue weighted by atomic mass is 79.9. The molecule has 96 valence electrons. The maximum absolute atomic E-state index is 5.57. The summed E-state index contributed by atoms with van der Waals surface area (Å²) in [4.78, 5) is 4.68. The summed E-state index contributed by atoms with van der Waals surface area (Å²) in [5.74, 6) is 6.32. The molecule has 0 saturated heterocycles. The van der Waals surface area contributed by atoms with Crippen LogP contribution in [0.3, 0.4) is 0 Å². The van der Waals surface area contributed by atoms with E-state index in [4.69, 9.17) is 5.84 Å².